The zero-order valence-corrected chi connectivity index (χ0v) is 22.5. The van der Waals surface area contributed by atoms with Crippen molar-refractivity contribution in [3.05, 3.63) is 90.6 Å². The monoisotopic (exact) mass is 535 g/mol. The van der Waals surface area contributed by atoms with E-state index in [2.05, 4.69) is 38.9 Å². The predicted molar refractivity (Wildman–Crippen MR) is 152 cm³/mol. The Morgan fingerprint density at radius 2 is 1.75 bits per heavy atom. The summed E-state index contributed by atoms with van der Waals surface area (Å²) in [6.07, 6.45) is 3.42. The minimum absolute atomic E-state index is 0.0179. The van der Waals surface area contributed by atoms with Gasteiger partial charge in [0.2, 0.25) is 11.8 Å². The summed E-state index contributed by atoms with van der Waals surface area (Å²) in [4.78, 5) is 14.2. The highest BCUT2D eigenvalue weighted by Crippen LogP contribution is 2.39. The third-order valence-corrected chi connectivity index (χ3v) is 6.87. The number of imidazole rings is 1. The van der Waals surface area contributed by atoms with E-state index in [0.717, 1.165) is 59.1 Å². The summed E-state index contributed by atoms with van der Waals surface area (Å²) in [5, 5.41) is 12.0. The zero-order chi connectivity index (χ0) is 27.5. The summed E-state index contributed by atoms with van der Waals surface area (Å²) in [6.45, 7) is 5.44. The van der Waals surface area contributed by atoms with Gasteiger partial charge in [-0.1, -0.05) is 44.2 Å². The first-order valence-electron chi connectivity index (χ1n) is 13.5. The van der Waals surface area contributed by atoms with Gasteiger partial charge in [-0.15, -0.1) is 10.2 Å². The summed E-state index contributed by atoms with van der Waals surface area (Å²) in [5.74, 6) is 2.14. The summed E-state index contributed by atoms with van der Waals surface area (Å²) in [5.41, 5.74) is 5.01. The topological polar surface area (TPSA) is 90.6 Å². The minimum Gasteiger partial charge on any atom is -0.474 e. The van der Waals surface area contributed by atoms with Crippen LogP contribution in [0.4, 0.5) is 10.3 Å². The maximum absolute atomic E-state index is 13.8. The molecule has 0 aliphatic carbocycles. The van der Waals surface area contributed by atoms with Crippen molar-refractivity contribution in [3.8, 4) is 39.8 Å². The van der Waals surface area contributed by atoms with Crippen LogP contribution in [0.2, 0.25) is 0 Å². The van der Waals surface area contributed by atoms with Crippen molar-refractivity contribution in [2.45, 2.75) is 32.7 Å². The quantitative estimate of drug-likeness (QED) is 0.239. The van der Waals surface area contributed by atoms with E-state index in [1.165, 1.54) is 12.1 Å². The van der Waals surface area contributed by atoms with Crippen LogP contribution >= 0.6 is 0 Å². The molecule has 5 aromatic rings. The number of ether oxygens (including phenoxy) is 1. The van der Waals surface area contributed by atoms with Crippen molar-refractivity contribution in [2.75, 3.05) is 18.5 Å². The van der Waals surface area contributed by atoms with Crippen molar-refractivity contribution in [1.29, 1.82) is 0 Å². The molecule has 0 fully saturated rings. The number of benzene rings is 2. The van der Waals surface area contributed by atoms with Gasteiger partial charge in [-0.2, -0.15) is 0 Å². The lowest BCUT2D eigenvalue weighted by Crippen LogP contribution is -2.16. The molecule has 0 spiro atoms. The molecule has 0 amide bonds. The average Bonchev–Trinajstić information content (AvgIpc) is 3.56. The molecular formula is C31H30FN7O. The Hall–Kier alpha value is -4.66. The first-order chi connectivity index (χ1) is 19.5. The first-order valence-corrected chi connectivity index (χ1v) is 13.5. The van der Waals surface area contributed by atoms with Crippen LogP contribution < -0.4 is 10.1 Å². The van der Waals surface area contributed by atoms with E-state index in [1.54, 1.807) is 18.3 Å². The summed E-state index contributed by atoms with van der Waals surface area (Å²) in [7, 11) is 0. The molecule has 6 rings (SSSR count). The molecule has 9 heteroatoms. The molecule has 0 radical (unpaired) electrons. The fourth-order valence-electron chi connectivity index (χ4n) is 4.90. The first kappa shape index (κ1) is 25.6. The zero-order valence-electron chi connectivity index (χ0n) is 22.5. The van der Waals surface area contributed by atoms with Gasteiger partial charge in [-0.25, -0.2) is 19.3 Å². The fraction of sp³-hybridized carbons (Fsp3) is 0.258. The molecule has 202 valence electrons. The van der Waals surface area contributed by atoms with E-state index in [1.807, 2.05) is 48.5 Å². The molecular weight excluding hydrogens is 505 g/mol. The highest BCUT2D eigenvalue weighted by molar-refractivity contribution is 5.78. The molecule has 1 atom stereocenters. The van der Waals surface area contributed by atoms with E-state index < -0.39 is 0 Å². The second-order valence-corrected chi connectivity index (χ2v) is 10.3. The predicted octanol–water partition coefficient (Wildman–Crippen LogP) is 6.24. The van der Waals surface area contributed by atoms with Gasteiger partial charge in [0.15, 0.2) is 0 Å². The number of hydrogen-bond donors (Lipinski definition) is 1. The molecule has 0 saturated heterocycles. The molecule has 0 saturated carbocycles. The second kappa shape index (κ2) is 11.2. The Morgan fingerprint density at radius 1 is 0.925 bits per heavy atom. The third kappa shape index (κ3) is 5.40. The molecule has 1 aliphatic heterocycles. The van der Waals surface area contributed by atoms with Crippen LogP contribution in [0.15, 0.2) is 79.0 Å². The largest absolute Gasteiger partial charge is 0.474 e. The molecule has 0 bridgehead atoms. The van der Waals surface area contributed by atoms with Gasteiger partial charge in [-0.05, 0) is 48.7 Å². The lowest BCUT2D eigenvalue weighted by atomic mass is 10.1. The van der Waals surface area contributed by atoms with Gasteiger partial charge in [-0.3, -0.25) is 0 Å². The Bertz CT molecular complexity index is 1590. The molecule has 8 nitrogen and oxygen atoms in total. The number of fused-ring (bicyclic) bond motifs is 1. The van der Waals surface area contributed by atoms with E-state index in [0.29, 0.717) is 24.4 Å². The molecule has 3 aromatic heterocycles. The van der Waals surface area contributed by atoms with Gasteiger partial charge in [0, 0.05) is 36.4 Å². The molecule has 2 aromatic carbocycles. The van der Waals surface area contributed by atoms with Crippen LogP contribution in [-0.4, -0.2) is 42.9 Å². The van der Waals surface area contributed by atoms with Crippen LogP contribution in [0.3, 0.4) is 0 Å². The van der Waals surface area contributed by atoms with Crippen molar-refractivity contribution < 1.29 is 9.13 Å². The molecule has 4 heterocycles. The number of anilines is 1. The maximum atomic E-state index is 13.8. The Kier molecular flexibility index (Phi) is 7.18. The smallest absolute Gasteiger partial charge is 0.233 e. The van der Waals surface area contributed by atoms with E-state index in [4.69, 9.17) is 14.7 Å². The Morgan fingerprint density at radius 3 is 2.50 bits per heavy atom. The van der Waals surface area contributed by atoms with E-state index in [-0.39, 0.29) is 11.9 Å². The Labute approximate surface area is 232 Å². The van der Waals surface area contributed by atoms with Crippen LogP contribution in [0.5, 0.6) is 5.88 Å². The number of nitrogens with zero attached hydrogens (tertiary/aromatic N) is 6. The van der Waals surface area contributed by atoms with Crippen LogP contribution in [0, 0.1) is 11.7 Å². The molecule has 40 heavy (non-hydrogen) atoms. The van der Waals surface area contributed by atoms with Crippen molar-refractivity contribution in [2.24, 2.45) is 5.92 Å². The summed E-state index contributed by atoms with van der Waals surface area (Å²) in [6, 6.07) is 22.0. The minimum atomic E-state index is -0.287. The number of aryl methyl sites for hydroxylation is 1. The maximum Gasteiger partial charge on any atom is 0.233 e. The van der Waals surface area contributed by atoms with Crippen molar-refractivity contribution in [3.63, 3.8) is 0 Å². The normalized spacial score (nSPS) is 14.3. The van der Waals surface area contributed by atoms with Crippen LogP contribution in [-0.2, 0) is 6.42 Å². The lowest BCUT2D eigenvalue weighted by molar-refractivity contribution is 0.245. The van der Waals surface area contributed by atoms with Gasteiger partial charge in [0.05, 0.1) is 28.8 Å². The van der Waals surface area contributed by atoms with E-state index in [9.17, 15) is 4.39 Å². The molecule has 1 unspecified atom stereocenters. The average molecular weight is 536 g/mol. The second-order valence-electron chi connectivity index (χ2n) is 10.3. The van der Waals surface area contributed by atoms with Gasteiger partial charge >= 0.3 is 0 Å². The number of aromatic nitrogens is 6. The summed E-state index contributed by atoms with van der Waals surface area (Å²) < 4.78 is 22.1. The standard InChI is InChI=1S/C31H30FN7O/c1-20(2)18-34-31-33-17-16-26(35-31)30-29(22-8-10-23(32)11-9-22)36-27-14-12-24(39(27)30)19-40-28-15-13-25(37-38-28)21-6-4-3-5-7-21/h3-11,13,15-17,20,24H,12,14,18-19H2,1-2H3,(H,33,34,35). The molecule has 1 aliphatic rings. The van der Waals surface area contributed by atoms with Crippen LogP contribution in [0.1, 0.15) is 32.1 Å². The van der Waals surface area contributed by atoms with Crippen molar-refractivity contribution in [1.82, 2.24) is 29.7 Å². The lowest BCUT2D eigenvalue weighted by Gasteiger charge is -2.18. The van der Waals surface area contributed by atoms with Crippen molar-refractivity contribution >= 4 is 5.95 Å². The highest BCUT2D eigenvalue weighted by atomic mass is 19.1. The van der Waals surface area contributed by atoms with Gasteiger partial charge in [0.1, 0.15) is 18.2 Å². The van der Waals surface area contributed by atoms with Crippen LogP contribution in [0.25, 0.3) is 33.9 Å². The number of halogens is 1. The van der Waals surface area contributed by atoms with Gasteiger partial charge < -0.3 is 14.6 Å². The Balaban J connectivity index is 1.30. The number of rotatable bonds is 9. The number of nitrogens with one attached hydrogen (secondary N) is 1. The summed E-state index contributed by atoms with van der Waals surface area (Å²) >= 11 is 0. The number of hydrogen-bond acceptors (Lipinski definition) is 7. The van der Waals surface area contributed by atoms with Gasteiger partial charge in [0.25, 0.3) is 0 Å². The fourth-order valence-corrected chi connectivity index (χ4v) is 4.90. The molecule has 1 N–H and O–H groups in total. The third-order valence-electron chi connectivity index (χ3n) is 6.87. The highest BCUT2D eigenvalue weighted by Gasteiger charge is 2.31. The van der Waals surface area contributed by atoms with E-state index >= 15 is 0 Å². The SMILES string of the molecule is CC(C)CNc1nccc(-c2c(-c3ccc(F)cc3)nc3n2C(COc2ccc(-c4ccccc4)nn2)CC3)n1.